The van der Waals surface area contributed by atoms with Gasteiger partial charge in [-0.2, -0.15) is 18.3 Å². The van der Waals surface area contributed by atoms with E-state index < -0.39 is 11.9 Å². The van der Waals surface area contributed by atoms with Crippen LogP contribution in [-0.4, -0.2) is 30.7 Å². The quantitative estimate of drug-likeness (QED) is 0.387. The number of halogens is 3. The fourth-order valence-electron chi connectivity index (χ4n) is 3.63. The molecule has 4 aromatic rings. The fraction of sp³-hybridized carbons (Fsp3) is 0.143. The highest BCUT2D eigenvalue weighted by Gasteiger charge is 2.32. The third-order valence-electron chi connectivity index (χ3n) is 5.11. The van der Waals surface area contributed by atoms with E-state index in [9.17, 15) is 18.4 Å². The zero-order valence-corrected chi connectivity index (χ0v) is 15.4. The standard InChI is InChI=1S/C21H14F3N5O/c22-21(23,24)18-2-1-3-19(27-18)29-17-10-13(4-5-14(17)11-25-29)15-8-6-12-7-9-16(28-30)20(12)26-15/h1-6,8,10-11,30H,7,9H2. The Hall–Kier alpha value is -3.75. The molecule has 5 rings (SSSR count). The molecule has 0 atom stereocenters. The van der Waals surface area contributed by atoms with Gasteiger partial charge in [0.2, 0.25) is 0 Å². The predicted octanol–water partition coefficient (Wildman–Crippen LogP) is 4.63. The lowest BCUT2D eigenvalue weighted by Crippen LogP contribution is -2.10. The fourth-order valence-corrected chi connectivity index (χ4v) is 3.63. The summed E-state index contributed by atoms with van der Waals surface area (Å²) in [5.41, 5.74) is 3.31. The Kier molecular flexibility index (Phi) is 4.05. The molecule has 0 fully saturated rings. The molecule has 1 N–H and O–H groups in total. The molecule has 0 amide bonds. The molecule has 0 bridgehead atoms. The topological polar surface area (TPSA) is 76.2 Å². The van der Waals surface area contributed by atoms with Crippen molar-refractivity contribution >= 4 is 16.6 Å². The molecule has 6 nitrogen and oxygen atoms in total. The molecule has 0 aliphatic heterocycles. The normalized spacial score (nSPS) is 15.1. The van der Waals surface area contributed by atoms with Gasteiger partial charge in [-0.1, -0.05) is 29.4 Å². The second-order valence-electron chi connectivity index (χ2n) is 6.96. The summed E-state index contributed by atoms with van der Waals surface area (Å²) in [4.78, 5) is 8.35. The van der Waals surface area contributed by atoms with Gasteiger partial charge in [0.1, 0.15) is 11.4 Å². The molecule has 1 aliphatic rings. The third-order valence-corrected chi connectivity index (χ3v) is 5.11. The number of aromatic nitrogens is 4. The molecule has 0 radical (unpaired) electrons. The molecular formula is C21H14F3N5O. The van der Waals surface area contributed by atoms with Crippen LogP contribution in [-0.2, 0) is 12.6 Å². The summed E-state index contributed by atoms with van der Waals surface area (Å²) < 4.78 is 40.5. The molecule has 1 aliphatic carbocycles. The number of nitrogens with zero attached hydrogens (tertiary/aromatic N) is 5. The highest BCUT2D eigenvalue weighted by atomic mass is 19.4. The molecule has 0 saturated carbocycles. The van der Waals surface area contributed by atoms with Crippen LogP contribution in [0.25, 0.3) is 28.0 Å². The molecule has 3 heterocycles. The largest absolute Gasteiger partial charge is 0.433 e. The first-order valence-electron chi connectivity index (χ1n) is 9.18. The number of hydrogen-bond donors (Lipinski definition) is 1. The highest BCUT2D eigenvalue weighted by molar-refractivity contribution is 6.03. The molecule has 30 heavy (non-hydrogen) atoms. The van der Waals surface area contributed by atoms with E-state index in [1.807, 2.05) is 30.3 Å². The van der Waals surface area contributed by atoms with Crippen LogP contribution in [0.4, 0.5) is 13.2 Å². The van der Waals surface area contributed by atoms with Crippen molar-refractivity contribution in [1.82, 2.24) is 19.7 Å². The van der Waals surface area contributed by atoms with E-state index in [2.05, 4.69) is 20.2 Å². The monoisotopic (exact) mass is 409 g/mol. The van der Waals surface area contributed by atoms with Gasteiger partial charge in [0.05, 0.1) is 23.1 Å². The van der Waals surface area contributed by atoms with Gasteiger partial charge >= 0.3 is 6.18 Å². The lowest BCUT2D eigenvalue weighted by molar-refractivity contribution is -0.141. The van der Waals surface area contributed by atoms with Crippen molar-refractivity contribution in [2.24, 2.45) is 5.16 Å². The number of oxime groups is 1. The minimum atomic E-state index is -4.54. The van der Waals surface area contributed by atoms with Crippen LogP contribution in [0.5, 0.6) is 0 Å². The number of aryl methyl sites for hydroxylation is 1. The second kappa shape index (κ2) is 6.65. The Balaban J connectivity index is 1.62. The number of rotatable bonds is 2. The van der Waals surface area contributed by atoms with Crippen LogP contribution in [0, 0.1) is 0 Å². The Morgan fingerprint density at radius 3 is 2.67 bits per heavy atom. The summed E-state index contributed by atoms with van der Waals surface area (Å²) in [5, 5.41) is 17.5. The van der Waals surface area contributed by atoms with Crippen LogP contribution >= 0.6 is 0 Å². The van der Waals surface area contributed by atoms with Crippen molar-refractivity contribution in [3.63, 3.8) is 0 Å². The van der Waals surface area contributed by atoms with Gasteiger partial charge in [-0.05, 0) is 42.7 Å². The van der Waals surface area contributed by atoms with E-state index in [1.165, 1.54) is 16.8 Å². The third kappa shape index (κ3) is 2.99. The van der Waals surface area contributed by atoms with Crippen molar-refractivity contribution in [2.75, 3.05) is 0 Å². The lowest BCUT2D eigenvalue weighted by Gasteiger charge is -2.09. The number of pyridine rings is 2. The lowest BCUT2D eigenvalue weighted by atomic mass is 10.1. The van der Waals surface area contributed by atoms with Crippen LogP contribution < -0.4 is 0 Å². The zero-order valence-electron chi connectivity index (χ0n) is 15.4. The van der Waals surface area contributed by atoms with E-state index in [1.54, 1.807) is 6.20 Å². The zero-order chi connectivity index (χ0) is 20.9. The maximum atomic E-state index is 13.1. The second-order valence-corrected chi connectivity index (χ2v) is 6.96. The van der Waals surface area contributed by atoms with Crippen LogP contribution in [0.2, 0.25) is 0 Å². The Morgan fingerprint density at radius 2 is 1.87 bits per heavy atom. The summed E-state index contributed by atoms with van der Waals surface area (Å²) in [6, 6.07) is 13.0. The van der Waals surface area contributed by atoms with Crippen LogP contribution in [0.1, 0.15) is 23.4 Å². The number of alkyl halides is 3. The Labute approximate surface area is 168 Å². The number of benzene rings is 1. The highest BCUT2D eigenvalue weighted by Crippen LogP contribution is 2.30. The van der Waals surface area contributed by atoms with Crippen molar-refractivity contribution < 1.29 is 18.4 Å². The number of hydrogen-bond acceptors (Lipinski definition) is 5. The summed E-state index contributed by atoms with van der Waals surface area (Å²) in [7, 11) is 0. The maximum Gasteiger partial charge on any atom is 0.433 e. The van der Waals surface area contributed by atoms with Crippen molar-refractivity contribution in [1.29, 1.82) is 0 Å². The minimum absolute atomic E-state index is 0.0774. The summed E-state index contributed by atoms with van der Waals surface area (Å²) in [6.07, 6.45) is -1.55. The summed E-state index contributed by atoms with van der Waals surface area (Å²) in [5.74, 6) is 0.0774. The Morgan fingerprint density at radius 1 is 1.00 bits per heavy atom. The van der Waals surface area contributed by atoms with Crippen LogP contribution in [0.3, 0.4) is 0 Å². The molecule has 0 spiro atoms. The van der Waals surface area contributed by atoms with Gasteiger partial charge < -0.3 is 5.21 Å². The molecule has 150 valence electrons. The van der Waals surface area contributed by atoms with Gasteiger partial charge in [0.25, 0.3) is 0 Å². The van der Waals surface area contributed by atoms with Crippen molar-refractivity contribution in [2.45, 2.75) is 19.0 Å². The van der Waals surface area contributed by atoms with E-state index in [-0.39, 0.29) is 5.82 Å². The Bertz CT molecular complexity index is 1310. The molecule has 0 unspecified atom stereocenters. The van der Waals surface area contributed by atoms with Gasteiger partial charge in [-0.25, -0.2) is 14.6 Å². The SMILES string of the molecule is ON=C1CCc2ccc(-c3ccc4cnn(-c5cccc(C(F)(F)F)n5)c4c3)nc21. The predicted molar refractivity (Wildman–Crippen MR) is 104 cm³/mol. The molecule has 0 saturated heterocycles. The van der Waals surface area contributed by atoms with Gasteiger partial charge in [-0.3, -0.25) is 0 Å². The minimum Gasteiger partial charge on any atom is -0.411 e. The summed E-state index contributed by atoms with van der Waals surface area (Å²) in [6.45, 7) is 0. The van der Waals surface area contributed by atoms with Gasteiger partial charge in [0.15, 0.2) is 5.82 Å². The number of fused-ring (bicyclic) bond motifs is 2. The molecule has 9 heteroatoms. The van der Waals surface area contributed by atoms with Gasteiger partial charge in [-0.15, -0.1) is 0 Å². The van der Waals surface area contributed by atoms with Crippen LogP contribution in [0.15, 0.2) is 59.9 Å². The first kappa shape index (κ1) is 18.3. The molecular weight excluding hydrogens is 395 g/mol. The summed E-state index contributed by atoms with van der Waals surface area (Å²) >= 11 is 0. The van der Waals surface area contributed by atoms with Crippen molar-refractivity contribution in [3.8, 4) is 17.1 Å². The van der Waals surface area contributed by atoms with E-state index in [0.717, 1.165) is 29.0 Å². The van der Waals surface area contributed by atoms with E-state index >= 15 is 0 Å². The van der Waals surface area contributed by atoms with Gasteiger partial charge in [0, 0.05) is 10.9 Å². The smallest absolute Gasteiger partial charge is 0.411 e. The maximum absolute atomic E-state index is 13.1. The first-order valence-corrected chi connectivity index (χ1v) is 9.18. The average Bonchev–Trinajstić information content (AvgIpc) is 3.36. The van der Waals surface area contributed by atoms with E-state index in [0.29, 0.717) is 29.0 Å². The van der Waals surface area contributed by atoms with Crippen molar-refractivity contribution in [3.05, 3.63) is 71.7 Å². The van der Waals surface area contributed by atoms with E-state index in [4.69, 9.17) is 0 Å². The average molecular weight is 409 g/mol. The molecule has 3 aromatic heterocycles. The molecule has 1 aromatic carbocycles. The first-order chi connectivity index (χ1) is 14.4.